The molecular weight excluding hydrogens is 529 g/mol. The fourth-order valence-corrected chi connectivity index (χ4v) is 6.46. The molecule has 3 rings (SSSR count). The number of hydrogen-bond donors (Lipinski definition) is 0. The van der Waals surface area contributed by atoms with Gasteiger partial charge in [-0.05, 0) is 38.0 Å². The largest absolute Gasteiger partial charge is 0.466 e. The first-order valence-electron chi connectivity index (χ1n) is 9.61. The molecule has 0 aromatic heterocycles. The van der Waals surface area contributed by atoms with Crippen molar-refractivity contribution in [2.75, 3.05) is 19.7 Å². The topological polar surface area (TPSA) is 80.8 Å². The van der Waals surface area contributed by atoms with Crippen LogP contribution in [0.2, 0.25) is 0 Å². The lowest BCUT2D eigenvalue weighted by atomic mass is 9.93. The third-order valence-electron chi connectivity index (χ3n) is 5.57. The highest BCUT2D eigenvalue weighted by Crippen LogP contribution is 2.44. The van der Waals surface area contributed by atoms with Crippen molar-refractivity contribution in [3.8, 4) is 0 Å². The number of benzene rings is 1. The van der Waals surface area contributed by atoms with Gasteiger partial charge in [0, 0.05) is 4.47 Å². The minimum absolute atomic E-state index is 0.0198. The van der Waals surface area contributed by atoms with Crippen LogP contribution in [0.25, 0.3) is 0 Å². The number of rotatable bonds is 5. The highest BCUT2D eigenvalue weighted by atomic mass is 79.9. The average molecular weight is 548 g/mol. The number of carbonyl (C=O) groups is 2. The summed E-state index contributed by atoms with van der Waals surface area (Å²) < 4.78 is 98.1. The second-order valence-corrected chi connectivity index (χ2v) is 10.9. The summed E-state index contributed by atoms with van der Waals surface area (Å²) in [5.74, 6) is -7.34. The van der Waals surface area contributed by atoms with Crippen LogP contribution in [0, 0.1) is 11.8 Å². The van der Waals surface area contributed by atoms with Crippen molar-refractivity contribution in [1.82, 2.24) is 4.90 Å². The number of ether oxygens (including phenoxy) is 1. The highest BCUT2D eigenvalue weighted by Gasteiger charge is 2.54. The first-order chi connectivity index (χ1) is 14.7. The summed E-state index contributed by atoms with van der Waals surface area (Å²) in [6.45, 7) is -0.299. The van der Waals surface area contributed by atoms with Gasteiger partial charge in [0.1, 0.15) is 0 Å². The highest BCUT2D eigenvalue weighted by molar-refractivity contribution is 9.10. The van der Waals surface area contributed by atoms with E-state index in [9.17, 15) is 40.0 Å². The molecule has 1 saturated carbocycles. The number of hydrogen-bond acceptors (Lipinski definition) is 5. The van der Waals surface area contributed by atoms with Crippen molar-refractivity contribution in [2.24, 2.45) is 11.8 Å². The minimum atomic E-state index is -4.97. The maximum Gasteiger partial charge on any atom is 0.417 e. The molecule has 0 N–H and O–H groups in total. The molecule has 32 heavy (non-hydrogen) atoms. The van der Waals surface area contributed by atoms with Crippen molar-refractivity contribution in [3.05, 3.63) is 28.2 Å². The van der Waals surface area contributed by atoms with Crippen molar-refractivity contribution in [1.29, 1.82) is 0 Å². The van der Waals surface area contributed by atoms with E-state index in [4.69, 9.17) is 4.74 Å². The molecule has 1 aliphatic heterocycles. The van der Waals surface area contributed by atoms with Gasteiger partial charge in [0.25, 0.3) is 5.92 Å². The third kappa shape index (κ3) is 4.78. The molecule has 6 nitrogen and oxygen atoms in total. The van der Waals surface area contributed by atoms with E-state index in [1.54, 1.807) is 0 Å². The Morgan fingerprint density at radius 1 is 1.19 bits per heavy atom. The van der Waals surface area contributed by atoms with Crippen LogP contribution in [0.3, 0.4) is 0 Å². The van der Waals surface area contributed by atoms with Crippen LogP contribution in [0.4, 0.5) is 22.0 Å². The first-order valence-corrected chi connectivity index (χ1v) is 11.9. The number of sulfone groups is 1. The van der Waals surface area contributed by atoms with Gasteiger partial charge in [0.15, 0.2) is 9.84 Å². The quantitative estimate of drug-likeness (QED) is 0.415. The van der Waals surface area contributed by atoms with E-state index in [2.05, 4.69) is 15.9 Å². The minimum Gasteiger partial charge on any atom is -0.466 e. The summed E-state index contributed by atoms with van der Waals surface area (Å²) in [7, 11) is -4.62. The number of nitrogens with zero attached hydrogens (tertiary/aromatic N) is 1. The van der Waals surface area contributed by atoms with E-state index in [1.807, 2.05) is 0 Å². The Morgan fingerprint density at radius 3 is 2.31 bits per heavy atom. The molecule has 1 aromatic carbocycles. The maximum atomic E-state index is 13.5. The molecule has 1 saturated heterocycles. The fourth-order valence-electron chi connectivity index (χ4n) is 4.08. The second kappa shape index (κ2) is 8.54. The predicted octanol–water partition coefficient (Wildman–Crippen LogP) is 3.68. The molecular formula is C19H19BrF5NO5S. The first kappa shape index (κ1) is 24.9. The van der Waals surface area contributed by atoms with Gasteiger partial charge in [-0.1, -0.05) is 15.9 Å². The molecule has 0 spiro atoms. The summed E-state index contributed by atoms with van der Waals surface area (Å²) in [5.41, 5.74) is -1.38. The van der Waals surface area contributed by atoms with E-state index >= 15 is 0 Å². The summed E-state index contributed by atoms with van der Waals surface area (Å²) in [4.78, 5) is 24.9. The van der Waals surface area contributed by atoms with Crippen LogP contribution in [0.15, 0.2) is 27.6 Å². The van der Waals surface area contributed by atoms with Crippen molar-refractivity contribution in [3.63, 3.8) is 0 Å². The van der Waals surface area contributed by atoms with Gasteiger partial charge in [-0.25, -0.2) is 17.2 Å². The Labute approximate surface area is 189 Å². The van der Waals surface area contributed by atoms with Crippen molar-refractivity contribution < 1.29 is 44.7 Å². The monoisotopic (exact) mass is 547 g/mol. The van der Waals surface area contributed by atoms with Crippen LogP contribution in [0.1, 0.15) is 25.3 Å². The lowest BCUT2D eigenvalue weighted by molar-refractivity contribution is -0.173. The van der Waals surface area contributed by atoms with E-state index in [1.165, 1.54) is 6.92 Å². The zero-order chi connectivity index (χ0) is 24.1. The van der Waals surface area contributed by atoms with E-state index in [-0.39, 0.29) is 11.1 Å². The molecule has 1 aliphatic carbocycles. The van der Waals surface area contributed by atoms with Crippen molar-refractivity contribution >= 4 is 37.6 Å². The average Bonchev–Trinajstić information content (AvgIpc) is 3.11. The van der Waals surface area contributed by atoms with Gasteiger partial charge in [-0.3, -0.25) is 9.59 Å². The number of likely N-dealkylation sites (tertiary alicyclic amines) is 1. The molecule has 1 aromatic rings. The summed E-state index contributed by atoms with van der Waals surface area (Å²) >= 11 is 2.89. The Hall–Kier alpha value is -1.76. The normalized spacial score (nSPS) is 25.3. The van der Waals surface area contributed by atoms with Crippen molar-refractivity contribution in [2.45, 2.75) is 42.0 Å². The van der Waals surface area contributed by atoms with E-state index in [0.717, 1.165) is 17.0 Å². The number of alkyl halides is 5. The molecule has 0 radical (unpaired) electrons. The second-order valence-electron chi connectivity index (χ2n) is 7.79. The molecule has 2 aliphatic rings. The molecule has 0 bridgehead atoms. The third-order valence-corrected chi connectivity index (χ3v) is 8.30. The number of halogens is 6. The molecule has 1 heterocycles. The molecule has 13 heteroatoms. The van der Waals surface area contributed by atoms with E-state index < -0.39 is 87.3 Å². The van der Waals surface area contributed by atoms with Gasteiger partial charge in [-0.2, -0.15) is 13.2 Å². The Morgan fingerprint density at radius 2 is 1.78 bits per heavy atom. The molecule has 178 valence electrons. The Bertz CT molecular complexity index is 1020. The summed E-state index contributed by atoms with van der Waals surface area (Å²) in [5, 5.41) is -1.49. The molecule has 2 fully saturated rings. The zero-order valence-corrected chi connectivity index (χ0v) is 19.1. The van der Waals surface area contributed by atoms with Crippen LogP contribution >= 0.6 is 15.9 Å². The molecule has 0 unspecified atom stereocenters. The lowest BCUT2D eigenvalue weighted by Crippen LogP contribution is -2.60. The van der Waals surface area contributed by atoms with Gasteiger partial charge in [-0.15, -0.1) is 0 Å². The van der Waals surface area contributed by atoms with Gasteiger partial charge in [0.05, 0.1) is 47.2 Å². The summed E-state index contributed by atoms with van der Waals surface area (Å²) in [6.07, 6.45) is -5.89. The van der Waals surface area contributed by atoms with Gasteiger partial charge in [0.2, 0.25) is 5.91 Å². The zero-order valence-electron chi connectivity index (χ0n) is 16.7. The molecule has 1 amide bonds. The molecule has 3 atom stereocenters. The Balaban J connectivity index is 1.95. The van der Waals surface area contributed by atoms with E-state index in [0.29, 0.717) is 6.07 Å². The SMILES string of the molecule is CCOC(=O)[C@@H]1C[C@@H](S(=O)(=O)c2ccc(Br)cc2C(F)(F)F)C[C@H]1C(=O)N1CC(F)(F)C1. The van der Waals surface area contributed by atoms with Crippen LogP contribution in [0.5, 0.6) is 0 Å². The van der Waals surface area contributed by atoms with Gasteiger partial charge >= 0.3 is 12.1 Å². The lowest BCUT2D eigenvalue weighted by Gasteiger charge is -2.40. The van der Waals surface area contributed by atoms with Crippen LogP contribution in [-0.4, -0.2) is 56.1 Å². The number of esters is 1. The smallest absolute Gasteiger partial charge is 0.417 e. The predicted molar refractivity (Wildman–Crippen MR) is 104 cm³/mol. The standard InChI is InChI=1S/C19H19BrF5NO5S/c1-2-31-17(28)13-7-11(6-12(13)16(27)26-8-18(21,22)9-26)32(29,30)15-4-3-10(20)5-14(15)19(23,24)25/h3-5,11-13H,2,6-9H2,1H3/t11-,12+,13+/m0/s1. The Kier molecular flexibility index (Phi) is 6.64. The van der Waals surface area contributed by atoms with Crippen LogP contribution < -0.4 is 0 Å². The number of amides is 1. The summed E-state index contributed by atoms with van der Waals surface area (Å²) in [6, 6.07) is 2.59. The maximum absolute atomic E-state index is 13.5. The van der Waals surface area contributed by atoms with Crippen LogP contribution in [-0.2, 0) is 30.3 Å². The number of carbonyl (C=O) groups excluding carboxylic acids is 2. The van der Waals surface area contributed by atoms with Gasteiger partial charge < -0.3 is 9.64 Å². The fraction of sp³-hybridized carbons (Fsp3) is 0.579.